The minimum absolute atomic E-state index is 0.0589. The van der Waals surface area contributed by atoms with Gasteiger partial charge in [0, 0.05) is 50.2 Å². The molecule has 1 N–H and O–H groups in total. The fourth-order valence-corrected chi connectivity index (χ4v) is 5.59. The van der Waals surface area contributed by atoms with Gasteiger partial charge in [0.15, 0.2) is 5.78 Å². The molecular weight excluding hydrogens is 436 g/mol. The molecular formula is C27H31ClN2O3. The van der Waals surface area contributed by atoms with E-state index >= 15 is 0 Å². The predicted molar refractivity (Wildman–Crippen MR) is 130 cm³/mol. The highest BCUT2D eigenvalue weighted by atomic mass is 35.5. The third-order valence-electron chi connectivity index (χ3n) is 7.37. The highest BCUT2D eigenvalue weighted by Gasteiger charge is 2.46. The molecule has 33 heavy (non-hydrogen) atoms. The van der Waals surface area contributed by atoms with Gasteiger partial charge in [0.2, 0.25) is 0 Å². The van der Waals surface area contributed by atoms with Crippen molar-refractivity contribution in [3.05, 3.63) is 77.0 Å². The van der Waals surface area contributed by atoms with Crippen LogP contribution < -0.4 is 0 Å². The molecule has 5 nitrogen and oxygen atoms in total. The molecule has 1 aliphatic carbocycles. The second-order valence-electron chi connectivity index (χ2n) is 9.48. The summed E-state index contributed by atoms with van der Waals surface area (Å²) in [6.45, 7) is 5.68. The van der Waals surface area contributed by atoms with Gasteiger partial charge >= 0.3 is 0 Å². The van der Waals surface area contributed by atoms with Crippen LogP contribution >= 0.6 is 11.6 Å². The Labute approximate surface area is 200 Å². The molecule has 6 heteroatoms. The average Bonchev–Trinajstić information content (AvgIpc) is 2.84. The van der Waals surface area contributed by atoms with Gasteiger partial charge in [-0.3, -0.25) is 9.69 Å². The zero-order valence-electron chi connectivity index (χ0n) is 18.8. The second-order valence-corrected chi connectivity index (χ2v) is 9.92. The molecule has 0 radical (unpaired) electrons. The van der Waals surface area contributed by atoms with Gasteiger partial charge in [0.05, 0.1) is 23.9 Å². The monoisotopic (exact) mass is 466 g/mol. The lowest BCUT2D eigenvalue weighted by Crippen LogP contribution is -2.54. The van der Waals surface area contributed by atoms with E-state index in [1.807, 2.05) is 12.1 Å². The minimum Gasteiger partial charge on any atom is -0.496 e. The topological polar surface area (TPSA) is 53.0 Å². The number of benzene rings is 2. The Balaban J connectivity index is 1.22. The van der Waals surface area contributed by atoms with E-state index in [1.165, 1.54) is 5.56 Å². The number of rotatable bonds is 5. The van der Waals surface area contributed by atoms with Crippen LogP contribution in [0.2, 0.25) is 5.02 Å². The number of carbonyl (C=O) groups is 1. The van der Waals surface area contributed by atoms with E-state index in [2.05, 4.69) is 40.1 Å². The van der Waals surface area contributed by atoms with Gasteiger partial charge in [-0.15, -0.1) is 0 Å². The summed E-state index contributed by atoms with van der Waals surface area (Å²) < 4.78 is 6.16. The lowest BCUT2D eigenvalue weighted by atomic mass is 9.72. The van der Waals surface area contributed by atoms with E-state index in [0.29, 0.717) is 23.4 Å². The number of hydrogen-bond donors (Lipinski definition) is 1. The number of fused-ring (bicyclic) bond motifs is 1. The number of halogens is 1. The highest BCUT2D eigenvalue weighted by molar-refractivity contribution is 6.30. The number of Topliss-reactive ketones (excluding diaryl/α,β-unsaturated/α-hetero) is 1. The fraction of sp³-hybridized carbons (Fsp3) is 0.444. The number of aliphatic hydroxyl groups is 1. The summed E-state index contributed by atoms with van der Waals surface area (Å²) in [4.78, 5) is 18.2. The van der Waals surface area contributed by atoms with E-state index in [-0.39, 0.29) is 23.7 Å². The Kier molecular flexibility index (Phi) is 6.84. The van der Waals surface area contributed by atoms with Crippen LogP contribution in [0.5, 0.6) is 0 Å². The molecule has 0 bridgehead atoms. The number of hydrogen-bond acceptors (Lipinski definition) is 5. The third kappa shape index (κ3) is 5.02. The standard InChI is InChI=1S/C27H31ClN2O3/c28-21-8-6-20(7-9-21)24-18-33-27-22(26(24)32)10-11-25(31)23(27)17-30-14-12-29(13-15-30)16-19-4-2-1-3-5-19/h1-9,18,22-23,25,27,31H,10-17H2. The maximum Gasteiger partial charge on any atom is 0.173 e. The molecule has 2 aromatic carbocycles. The van der Waals surface area contributed by atoms with Gasteiger partial charge in [-0.2, -0.15) is 0 Å². The number of nitrogens with zero attached hydrogens (tertiary/aromatic N) is 2. The molecule has 4 atom stereocenters. The van der Waals surface area contributed by atoms with Gasteiger partial charge in [0.25, 0.3) is 0 Å². The SMILES string of the molecule is O=C1C(c2ccc(Cl)cc2)=COC2C1CCC(O)C2CN1CCN(Cc2ccccc2)CC1. The Hall–Kier alpha value is -2.18. The summed E-state index contributed by atoms with van der Waals surface area (Å²) in [5, 5.41) is 11.5. The first-order valence-electron chi connectivity index (χ1n) is 11.9. The first-order chi connectivity index (χ1) is 16.1. The summed E-state index contributed by atoms with van der Waals surface area (Å²) in [5.41, 5.74) is 2.78. The first-order valence-corrected chi connectivity index (χ1v) is 12.3. The van der Waals surface area contributed by atoms with Crippen LogP contribution in [-0.4, -0.2) is 65.6 Å². The van der Waals surface area contributed by atoms with Crippen molar-refractivity contribution in [3.63, 3.8) is 0 Å². The molecule has 3 aliphatic rings. The summed E-state index contributed by atoms with van der Waals surface area (Å²) in [6, 6.07) is 17.9. The predicted octanol–water partition coefficient (Wildman–Crippen LogP) is 3.85. The molecule has 1 saturated heterocycles. The first kappa shape index (κ1) is 22.6. The molecule has 2 heterocycles. The van der Waals surface area contributed by atoms with Gasteiger partial charge in [-0.25, -0.2) is 0 Å². The molecule has 0 amide bonds. The number of ketones is 1. The van der Waals surface area contributed by atoms with E-state index in [0.717, 1.165) is 44.8 Å². The summed E-state index contributed by atoms with van der Waals surface area (Å²) in [5.74, 6) is -0.136. The minimum atomic E-state index is -0.438. The van der Waals surface area contributed by atoms with Crippen molar-refractivity contribution < 1.29 is 14.6 Å². The maximum absolute atomic E-state index is 13.3. The number of piperazine rings is 1. The molecule has 0 spiro atoms. The Morgan fingerprint density at radius 3 is 2.36 bits per heavy atom. The van der Waals surface area contributed by atoms with Crippen LogP contribution in [0.3, 0.4) is 0 Å². The van der Waals surface area contributed by atoms with Crippen LogP contribution in [0, 0.1) is 11.8 Å². The average molecular weight is 467 g/mol. The van der Waals surface area contributed by atoms with Crippen molar-refractivity contribution in [1.82, 2.24) is 9.80 Å². The third-order valence-corrected chi connectivity index (χ3v) is 7.62. The molecule has 4 unspecified atom stereocenters. The van der Waals surface area contributed by atoms with E-state index in [4.69, 9.17) is 16.3 Å². The number of aliphatic hydroxyl groups excluding tert-OH is 1. The van der Waals surface area contributed by atoms with Gasteiger partial charge < -0.3 is 14.7 Å². The zero-order valence-corrected chi connectivity index (χ0v) is 19.5. The van der Waals surface area contributed by atoms with Crippen LogP contribution in [0.1, 0.15) is 24.0 Å². The van der Waals surface area contributed by atoms with Gasteiger partial charge in [0.1, 0.15) is 6.10 Å². The highest BCUT2D eigenvalue weighted by Crippen LogP contribution is 2.40. The fourth-order valence-electron chi connectivity index (χ4n) is 5.46. The lowest BCUT2D eigenvalue weighted by Gasteiger charge is -2.45. The van der Waals surface area contributed by atoms with Crippen molar-refractivity contribution in [2.45, 2.75) is 31.6 Å². The molecule has 174 valence electrons. The van der Waals surface area contributed by atoms with Crippen LogP contribution in [-0.2, 0) is 16.1 Å². The largest absolute Gasteiger partial charge is 0.496 e. The lowest BCUT2D eigenvalue weighted by molar-refractivity contribution is -0.134. The molecule has 5 rings (SSSR count). The van der Waals surface area contributed by atoms with Crippen LogP contribution in [0.15, 0.2) is 60.9 Å². The maximum atomic E-state index is 13.3. The molecule has 0 aromatic heterocycles. The van der Waals surface area contributed by atoms with Crippen molar-refractivity contribution in [2.75, 3.05) is 32.7 Å². The molecule has 2 fully saturated rings. The quantitative estimate of drug-likeness (QED) is 0.725. The Bertz CT molecular complexity index is 986. The summed E-state index contributed by atoms with van der Waals surface area (Å²) in [7, 11) is 0. The normalized spacial score (nSPS) is 28.7. The van der Waals surface area contributed by atoms with E-state index in [1.54, 1.807) is 18.4 Å². The van der Waals surface area contributed by atoms with Gasteiger partial charge in [-0.1, -0.05) is 54.1 Å². The zero-order chi connectivity index (χ0) is 22.8. The van der Waals surface area contributed by atoms with Crippen molar-refractivity contribution >= 4 is 23.0 Å². The van der Waals surface area contributed by atoms with Crippen molar-refractivity contribution in [1.29, 1.82) is 0 Å². The molecule has 2 aromatic rings. The van der Waals surface area contributed by atoms with Crippen molar-refractivity contribution in [3.8, 4) is 0 Å². The summed E-state index contributed by atoms with van der Waals surface area (Å²) >= 11 is 6.00. The Morgan fingerprint density at radius 2 is 1.64 bits per heavy atom. The number of ether oxygens (including phenoxy) is 1. The molecule has 1 saturated carbocycles. The number of allylic oxidation sites excluding steroid dienone is 1. The van der Waals surface area contributed by atoms with E-state index in [9.17, 15) is 9.90 Å². The van der Waals surface area contributed by atoms with Crippen molar-refractivity contribution in [2.24, 2.45) is 11.8 Å². The molecule has 2 aliphatic heterocycles. The van der Waals surface area contributed by atoms with E-state index < -0.39 is 6.10 Å². The van der Waals surface area contributed by atoms with Crippen LogP contribution in [0.25, 0.3) is 5.57 Å². The Morgan fingerprint density at radius 1 is 0.939 bits per heavy atom. The van der Waals surface area contributed by atoms with Crippen LogP contribution in [0.4, 0.5) is 0 Å². The number of carbonyl (C=O) groups excluding carboxylic acids is 1. The second kappa shape index (κ2) is 9.98. The smallest absolute Gasteiger partial charge is 0.173 e. The van der Waals surface area contributed by atoms with Gasteiger partial charge in [-0.05, 0) is 36.1 Å². The summed E-state index contributed by atoms with van der Waals surface area (Å²) in [6.07, 6.45) is 2.21.